The molecule has 1 aromatic heterocycles. The number of anilines is 2. The number of thioether (sulfide) groups is 1. The quantitative estimate of drug-likeness (QED) is 0.556. The van der Waals surface area contributed by atoms with Crippen LogP contribution in [0, 0.1) is 0 Å². The minimum absolute atomic E-state index is 0.0368. The van der Waals surface area contributed by atoms with Gasteiger partial charge >= 0.3 is 0 Å². The molecule has 2 N–H and O–H groups in total. The zero-order chi connectivity index (χ0) is 23.2. The van der Waals surface area contributed by atoms with Crippen LogP contribution in [0.5, 0.6) is 11.5 Å². The molecule has 2 aromatic carbocycles. The first-order chi connectivity index (χ1) is 15.9. The summed E-state index contributed by atoms with van der Waals surface area (Å²) in [5, 5.41) is 9.94. The van der Waals surface area contributed by atoms with Crippen LogP contribution in [-0.2, 0) is 10.0 Å². The van der Waals surface area contributed by atoms with Gasteiger partial charge < -0.3 is 14.4 Å². The third-order valence-corrected chi connectivity index (χ3v) is 7.42. The summed E-state index contributed by atoms with van der Waals surface area (Å²) in [4.78, 5) is 19.7. The third-order valence-electron chi connectivity index (χ3n) is 5.11. The number of aromatic nitrogens is 3. The van der Waals surface area contributed by atoms with E-state index in [0.717, 1.165) is 10.6 Å². The molecule has 3 aromatic rings. The zero-order valence-corrected chi connectivity index (χ0v) is 19.2. The van der Waals surface area contributed by atoms with Gasteiger partial charge in [-0.25, -0.2) is 8.42 Å². The largest absolute Gasteiger partial charge is 0.497 e. The van der Waals surface area contributed by atoms with Crippen molar-refractivity contribution in [3.8, 4) is 22.9 Å². The number of sulfonamides is 1. The van der Waals surface area contributed by atoms with Crippen molar-refractivity contribution in [3.63, 3.8) is 0 Å². The Labute approximate surface area is 193 Å². The second kappa shape index (κ2) is 8.08. The van der Waals surface area contributed by atoms with Crippen LogP contribution in [0.2, 0.25) is 0 Å². The van der Waals surface area contributed by atoms with E-state index in [1.165, 1.54) is 18.9 Å². The minimum atomic E-state index is -3.44. The Morgan fingerprint density at radius 1 is 1.18 bits per heavy atom. The normalized spacial score (nSPS) is 15.9. The highest BCUT2D eigenvalue weighted by molar-refractivity contribution is 8.15. The van der Waals surface area contributed by atoms with E-state index >= 15 is 0 Å². The van der Waals surface area contributed by atoms with Gasteiger partial charge in [0.05, 0.1) is 31.2 Å². The zero-order valence-electron chi connectivity index (χ0n) is 17.5. The van der Waals surface area contributed by atoms with E-state index in [2.05, 4.69) is 24.9 Å². The highest BCUT2D eigenvalue weighted by atomic mass is 32.2. The molecule has 0 spiro atoms. The molecule has 0 radical (unpaired) electrons. The number of methoxy groups -OCH3 is 2. The molecule has 0 aliphatic carbocycles. The van der Waals surface area contributed by atoms with Gasteiger partial charge in [0, 0.05) is 23.1 Å². The Balaban J connectivity index is 1.35. The number of carbonyl (C=O) groups excluding carboxylic acids is 1. The average Bonchev–Trinajstić information content (AvgIpc) is 3.40. The molecule has 0 atom stereocenters. The molecule has 0 fully saturated rings. The highest BCUT2D eigenvalue weighted by Gasteiger charge is 2.33. The molecule has 2 aliphatic rings. The summed E-state index contributed by atoms with van der Waals surface area (Å²) in [5.41, 5.74) is 1.88. The fourth-order valence-electron chi connectivity index (χ4n) is 3.48. The molecule has 5 rings (SSSR count). The lowest BCUT2D eigenvalue weighted by Gasteiger charge is -2.22. The van der Waals surface area contributed by atoms with Gasteiger partial charge in [0.2, 0.25) is 5.95 Å². The number of rotatable bonds is 5. The van der Waals surface area contributed by atoms with Crippen LogP contribution in [0.3, 0.4) is 0 Å². The molecular weight excluding hydrogens is 468 g/mol. The van der Waals surface area contributed by atoms with E-state index in [1.54, 1.807) is 43.5 Å². The Kier molecular flexibility index (Phi) is 5.21. The maximum Gasteiger partial charge on any atom is 0.258 e. The monoisotopic (exact) mass is 486 g/mol. The predicted octanol–water partition coefficient (Wildman–Crippen LogP) is 2.35. The number of hydrogen-bond acceptors (Lipinski definition) is 9. The van der Waals surface area contributed by atoms with Crippen LogP contribution in [0.15, 0.2) is 45.7 Å². The molecule has 0 saturated heterocycles. The number of nitrogens with one attached hydrogen (secondary N) is 2. The van der Waals surface area contributed by atoms with E-state index in [-0.39, 0.29) is 11.7 Å². The van der Waals surface area contributed by atoms with E-state index in [9.17, 15) is 13.2 Å². The van der Waals surface area contributed by atoms with Crippen molar-refractivity contribution in [1.82, 2.24) is 15.2 Å². The van der Waals surface area contributed by atoms with Gasteiger partial charge in [-0.05, 0) is 42.1 Å². The third kappa shape index (κ3) is 4.00. The standard InChI is InChI=1S/C20H18N6O5S2/c1-30-12-4-5-13(15(10-12)31-2)17-21-19(24-23-17)22-18(27)11-3-6-14-16(9-11)32-20-25-33(28,29)8-7-26(14)20/h3-6,9-10H,7-8H2,1-2H3,(H2,21,22,23,24,27). The van der Waals surface area contributed by atoms with Gasteiger partial charge in [-0.1, -0.05) is 0 Å². The van der Waals surface area contributed by atoms with Crippen LogP contribution in [0.4, 0.5) is 11.6 Å². The number of carbonyl (C=O) groups is 1. The number of hydrogen-bond donors (Lipinski definition) is 2. The maximum atomic E-state index is 12.8. The van der Waals surface area contributed by atoms with Crippen molar-refractivity contribution >= 4 is 44.5 Å². The molecule has 2 aliphatic heterocycles. The van der Waals surface area contributed by atoms with Crippen LogP contribution < -0.4 is 19.7 Å². The van der Waals surface area contributed by atoms with Gasteiger partial charge in [-0.15, -0.1) is 9.50 Å². The Morgan fingerprint density at radius 3 is 2.82 bits per heavy atom. The minimum Gasteiger partial charge on any atom is -0.497 e. The van der Waals surface area contributed by atoms with Crippen LogP contribution in [-0.4, -0.2) is 61.2 Å². The molecular formula is C20H18N6O5S2. The topological polar surface area (TPSA) is 139 Å². The summed E-state index contributed by atoms with van der Waals surface area (Å²) in [7, 11) is -0.339. The van der Waals surface area contributed by atoms with E-state index in [1.807, 2.05) is 4.90 Å². The number of H-pyrrole nitrogens is 1. The maximum absolute atomic E-state index is 12.8. The van der Waals surface area contributed by atoms with E-state index in [4.69, 9.17) is 9.47 Å². The SMILES string of the molecule is COc1ccc(-c2nc(NC(=O)c3ccc4c(c3)SC3=NS(=O)(=O)CCN34)n[nH]2)c(OC)c1. The highest BCUT2D eigenvalue weighted by Crippen LogP contribution is 2.42. The molecule has 13 heteroatoms. The van der Waals surface area contributed by atoms with Crippen molar-refractivity contribution in [3.05, 3.63) is 42.0 Å². The molecule has 170 valence electrons. The van der Waals surface area contributed by atoms with Gasteiger partial charge in [0.25, 0.3) is 15.9 Å². The number of amidine groups is 1. The lowest BCUT2D eigenvalue weighted by molar-refractivity contribution is 0.102. The van der Waals surface area contributed by atoms with Crippen molar-refractivity contribution in [2.24, 2.45) is 4.40 Å². The number of amides is 1. The van der Waals surface area contributed by atoms with Crippen LogP contribution in [0.1, 0.15) is 10.4 Å². The molecule has 0 bridgehead atoms. The Morgan fingerprint density at radius 2 is 2.03 bits per heavy atom. The molecule has 33 heavy (non-hydrogen) atoms. The molecule has 1 amide bonds. The first kappa shape index (κ1) is 21.3. The van der Waals surface area contributed by atoms with Crippen LogP contribution in [0.25, 0.3) is 11.4 Å². The summed E-state index contributed by atoms with van der Waals surface area (Å²) in [5.74, 6) is 1.27. The summed E-state index contributed by atoms with van der Waals surface area (Å²) < 4.78 is 38.0. The van der Waals surface area contributed by atoms with Gasteiger partial charge in [0.1, 0.15) is 11.5 Å². The van der Waals surface area contributed by atoms with Gasteiger partial charge in [-0.3, -0.25) is 15.2 Å². The van der Waals surface area contributed by atoms with Crippen LogP contribution >= 0.6 is 11.8 Å². The Bertz CT molecular complexity index is 1400. The van der Waals surface area contributed by atoms with E-state index in [0.29, 0.717) is 40.2 Å². The lowest BCUT2D eigenvalue weighted by Crippen LogP contribution is -2.35. The number of ether oxygens (including phenoxy) is 2. The first-order valence-corrected chi connectivity index (χ1v) is 12.2. The van der Waals surface area contributed by atoms with E-state index < -0.39 is 15.9 Å². The molecule has 3 heterocycles. The fraction of sp³-hybridized carbons (Fsp3) is 0.200. The summed E-state index contributed by atoms with van der Waals surface area (Å²) in [6.45, 7) is 0.335. The van der Waals surface area contributed by atoms with Crippen molar-refractivity contribution < 1.29 is 22.7 Å². The molecule has 0 unspecified atom stereocenters. The summed E-state index contributed by atoms with van der Waals surface area (Å²) >= 11 is 1.22. The molecule has 0 saturated carbocycles. The summed E-state index contributed by atoms with van der Waals surface area (Å²) in [6.07, 6.45) is 0. The van der Waals surface area contributed by atoms with Gasteiger partial charge in [-0.2, -0.15) is 4.98 Å². The van der Waals surface area contributed by atoms with Gasteiger partial charge in [0.15, 0.2) is 11.0 Å². The number of aromatic amines is 1. The average molecular weight is 487 g/mol. The smallest absolute Gasteiger partial charge is 0.258 e. The second-order valence-electron chi connectivity index (χ2n) is 7.12. The fourth-order valence-corrected chi connectivity index (χ4v) is 5.77. The summed E-state index contributed by atoms with van der Waals surface area (Å²) in [6, 6.07) is 10.4. The van der Waals surface area contributed by atoms with Crippen molar-refractivity contribution in [2.45, 2.75) is 4.90 Å². The molecule has 11 nitrogen and oxygen atoms in total. The second-order valence-corrected chi connectivity index (χ2v) is 9.89. The van der Waals surface area contributed by atoms with Crippen molar-refractivity contribution in [2.75, 3.05) is 36.7 Å². The predicted molar refractivity (Wildman–Crippen MR) is 124 cm³/mol. The first-order valence-electron chi connectivity index (χ1n) is 9.75. The van der Waals surface area contributed by atoms with Crippen molar-refractivity contribution in [1.29, 1.82) is 0 Å². The lowest BCUT2D eigenvalue weighted by atomic mass is 10.2. The number of nitrogens with zero attached hydrogens (tertiary/aromatic N) is 4. The number of benzene rings is 2. The Hall–Kier alpha value is -3.58. The number of fused-ring (bicyclic) bond motifs is 3.